The maximum Gasteiger partial charge on any atom is 0.339 e. The minimum Gasteiger partial charge on any atom is -0.478 e. The molecule has 0 radical (unpaired) electrons. The molecule has 0 saturated carbocycles. The van der Waals surface area contributed by atoms with Gasteiger partial charge >= 0.3 is 5.97 Å². The molecule has 0 aromatic carbocycles. The summed E-state index contributed by atoms with van der Waals surface area (Å²) in [7, 11) is 0. The Bertz CT molecular complexity index is 1140. The Hall–Kier alpha value is -2.76. The van der Waals surface area contributed by atoms with E-state index in [1.165, 1.54) is 29.6 Å². The number of carbonyl (C=O) groups is 2. The molecule has 0 aliphatic carbocycles. The van der Waals surface area contributed by atoms with Crippen molar-refractivity contribution in [3.63, 3.8) is 0 Å². The number of carboxylic acid groups (broad SMARTS) is 1. The van der Waals surface area contributed by atoms with Gasteiger partial charge in [0.1, 0.15) is 23.0 Å². The molecule has 4 N–H and O–H groups in total. The van der Waals surface area contributed by atoms with Crippen LogP contribution in [0.15, 0.2) is 40.0 Å². The first-order valence-corrected chi connectivity index (χ1v) is 9.99. The van der Waals surface area contributed by atoms with Crippen molar-refractivity contribution in [2.45, 2.75) is 18.8 Å². The summed E-state index contributed by atoms with van der Waals surface area (Å²) in [5.74, 6) is -1.52. The fraction of sp³-hybridized carbons (Fsp3) is 0.176. The number of aromatic nitrogens is 3. The number of nitrogens with zero attached hydrogens (tertiary/aromatic N) is 4. The number of hydrogen-bond acceptors (Lipinski definition) is 7. The van der Waals surface area contributed by atoms with Gasteiger partial charge in [-0.1, -0.05) is 23.2 Å². The summed E-state index contributed by atoms with van der Waals surface area (Å²) in [4.78, 5) is 34.0. The van der Waals surface area contributed by atoms with E-state index in [0.29, 0.717) is 11.4 Å². The number of primary amides is 1. The van der Waals surface area contributed by atoms with Crippen molar-refractivity contribution < 1.29 is 19.1 Å². The summed E-state index contributed by atoms with van der Waals surface area (Å²) in [5, 5.41) is 13.1. The second-order valence-electron chi connectivity index (χ2n) is 6.38. The Kier molecular flexibility index (Phi) is 5.35. The van der Waals surface area contributed by atoms with Crippen LogP contribution < -0.4 is 16.0 Å². The average molecular weight is 516 g/mol. The number of carboxylic acids is 1. The van der Waals surface area contributed by atoms with Crippen LogP contribution in [0.1, 0.15) is 34.7 Å². The summed E-state index contributed by atoms with van der Waals surface area (Å²) in [6.45, 7) is 0. The maximum absolute atomic E-state index is 12.1. The second-order valence-corrected chi connectivity index (χ2v) is 7.95. The van der Waals surface area contributed by atoms with Gasteiger partial charge in [0, 0.05) is 11.8 Å². The lowest BCUT2D eigenvalue weighted by Gasteiger charge is -2.35. The van der Waals surface area contributed by atoms with E-state index in [9.17, 15) is 14.7 Å². The lowest BCUT2D eigenvalue weighted by atomic mass is 10.1. The van der Waals surface area contributed by atoms with Crippen LogP contribution in [0.3, 0.4) is 0 Å². The lowest BCUT2D eigenvalue weighted by molar-refractivity contribution is -0.118. The Balaban J connectivity index is 1.97. The van der Waals surface area contributed by atoms with Crippen molar-refractivity contribution in [1.82, 2.24) is 14.5 Å². The molecule has 156 valence electrons. The molecule has 4 heterocycles. The van der Waals surface area contributed by atoms with Crippen LogP contribution in [-0.2, 0) is 4.79 Å². The molecular formula is C17H13BrCl2N6O4. The van der Waals surface area contributed by atoms with Gasteiger partial charge in [-0.15, -0.1) is 0 Å². The van der Waals surface area contributed by atoms with Crippen molar-refractivity contribution >= 4 is 62.5 Å². The third-order valence-corrected chi connectivity index (χ3v) is 5.96. The van der Waals surface area contributed by atoms with Gasteiger partial charge in [-0.2, -0.15) is 0 Å². The minimum atomic E-state index is -1.19. The number of furan rings is 1. The first-order valence-electron chi connectivity index (χ1n) is 8.44. The van der Waals surface area contributed by atoms with Crippen LogP contribution in [-0.4, -0.2) is 31.5 Å². The molecule has 4 rings (SSSR count). The molecule has 10 nitrogen and oxygen atoms in total. The standard InChI is InChI=1S/C17H13BrCl2N6O4/c18-8-4-22-15-12(11(8)17(28)29)26(16(24-15)7-1-2-30-5-7)10(3-9(21)27)25-6-23-13(19)14(25)20/h1-2,4-6,10,16H,3H2,(H2,21,27)(H,22,24)(H,28,29). The predicted molar refractivity (Wildman–Crippen MR) is 112 cm³/mol. The number of amides is 1. The molecule has 2 atom stereocenters. The molecule has 30 heavy (non-hydrogen) atoms. The normalized spacial score (nSPS) is 16.2. The molecule has 0 fully saturated rings. The first kappa shape index (κ1) is 20.5. The summed E-state index contributed by atoms with van der Waals surface area (Å²) in [5.41, 5.74) is 6.38. The second kappa shape index (κ2) is 7.82. The van der Waals surface area contributed by atoms with E-state index < -0.39 is 24.2 Å². The van der Waals surface area contributed by atoms with Gasteiger partial charge < -0.3 is 25.5 Å². The first-order chi connectivity index (χ1) is 14.3. The number of fused-ring (bicyclic) bond motifs is 1. The quantitative estimate of drug-likeness (QED) is 0.452. The predicted octanol–water partition coefficient (Wildman–Crippen LogP) is 3.64. The highest BCUT2D eigenvalue weighted by atomic mass is 79.9. The largest absolute Gasteiger partial charge is 0.478 e. The molecule has 3 aromatic rings. The van der Waals surface area contributed by atoms with Gasteiger partial charge in [-0.3, -0.25) is 9.36 Å². The third kappa shape index (κ3) is 3.38. The number of carbonyl (C=O) groups excluding carboxylic acids is 1. The molecule has 2 unspecified atom stereocenters. The van der Waals surface area contributed by atoms with Gasteiger partial charge in [-0.05, 0) is 22.0 Å². The Morgan fingerprint density at radius 3 is 2.73 bits per heavy atom. The molecule has 0 saturated heterocycles. The molecule has 13 heteroatoms. The minimum absolute atomic E-state index is 0.0317. The third-order valence-electron chi connectivity index (χ3n) is 4.61. The molecule has 1 aliphatic rings. The van der Waals surface area contributed by atoms with Gasteiger partial charge in [0.25, 0.3) is 0 Å². The number of hydrogen-bond donors (Lipinski definition) is 3. The van der Waals surface area contributed by atoms with Crippen molar-refractivity contribution in [1.29, 1.82) is 0 Å². The number of nitrogens with two attached hydrogens (primary N) is 1. The topological polar surface area (TPSA) is 140 Å². The van der Waals surface area contributed by atoms with Crippen LogP contribution in [0.5, 0.6) is 0 Å². The van der Waals surface area contributed by atoms with Crippen molar-refractivity contribution in [3.05, 3.63) is 57.0 Å². The van der Waals surface area contributed by atoms with Gasteiger partial charge in [0.15, 0.2) is 11.0 Å². The zero-order chi connectivity index (χ0) is 21.6. The van der Waals surface area contributed by atoms with E-state index in [0.717, 1.165) is 0 Å². The Morgan fingerprint density at radius 2 is 2.17 bits per heavy atom. The summed E-state index contributed by atoms with van der Waals surface area (Å²) in [6, 6.07) is 1.70. The van der Waals surface area contributed by atoms with Gasteiger partial charge in [0.2, 0.25) is 5.91 Å². The van der Waals surface area contributed by atoms with E-state index >= 15 is 0 Å². The fourth-order valence-corrected chi connectivity index (χ4v) is 4.21. The molecular weight excluding hydrogens is 503 g/mol. The summed E-state index contributed by atoms with van der Waals surface area (Å²) >= 11 is 15.6. The maximum atomic E-state index is 12.1. The zero-order valence-corrected chi connectivity index (χ0v) is 18.0. The lowest BCUT2D eigenvalue weighted by Crippen LogP contribution is -2.38. The number of nitrogens with one attached hydrogen (secondary N) is 1. The summed E-state index contributed by atoms with van der Waals surface area (Å²) in [6.07, 6.45) is 4.00. The monoisotopic (exact) mass is 514 g/mol. The van der Waals surface area contributed by atoms with Crippen molar-refractivity contribution in [3.8, 4) is 0 Å². The Labute approximate surface area is 187 Å². The van der Waals surface area contributed by atoms with Crippen LogP contribution in [0.4, 0.5) is 11.5 Å². The zero-order valence-electron chi connectivity index (χ0n) is 14.9. The SMILES string of the molecule is NC(=O)CC(N1c2c(ncc(Br)c2C(=O)O)NC1c1ccoc1)n1cnc(Cl)c1Cl. The van der Waals surface area contributed by atoms with Crippen LogP contribution >= 0.6 is 39.1 Å². The van der Waals surface area contributed by atoms with E-state index in [4.69, 9.17) is 33.4 Å². The highest BCUT2D eigenvalue weighted by Gasteiger charge is 2.42. The molecule has 0 bridgehead atoms. The van der Waals surface area contributed by atoms with Gasteiger partial charge in [0.05, 0.1) is 35.4 Å². The highest BCUT2D eigenvalue weighted by molar-refractivity contribution is 9.10. The van der Waals surface area contributed by atoms with Crippen LogP contribution in [0.2, 0.25) is 10.3 Å². The van der Waals surface area contributed by atoms with Gasteiger partial charge in [-0.25, -0.2) is 14.8 Å². The number of imidazole rings is 1. The Morgan fingerprint density at radius 1 is 1.40 bits per heavy atom. The van der Waals surface area contributed by atoms with Crippen molar-refractivity contribution in [2.24, 2.45) is 5.73 Å². The fourth-order valence-electron chi connectivity index (χ4n) is 3.40. The van der Waals surface area contributed by atoms with Crippen LogP contribution in [0, 0.1) is 0 Å². The van der Waals surface area contributed by atoms with E-state index in [-0.39, 0.29) is 32.5 Å². The van der Waals surface area contributed by atoms with Crippen LogP contribution in [0.25, 0.3) is 0 Å². The highest BCUT2D eigenvalue weighted by Crippen LogP contribution is 2.48. The molecule has 3 aromatic heterocycles. The number of aromatic carboxylic acids is 1. The van der Waals surface area contributed by atoms with E-state index in [1.54, 1.807) is 11.0 Å². The van der Waals surface area contributed by atoms with Crippen molar-refractivity contribution in [2.75, 3.05) is 10.2 Å². The number of halogens is 3. The number of pyridine rings is 1. The molecule has 1 amide bonds. The molecule has 1 aliphatic heterocycles. The number of rotatable bonds is 6. The average Bonchev–Trinajstić information content (AvgIpc) is 3.39. The van der Waals surface area contributed by atoms with E-state index in [2.05, 4.69) is 31.2 Å². The number of anilines is 2. The summed E-state index contributed by atoms with van der Waals surface area (Å²) < 4.78 is 6.91. The smallest absolute Gasteiger partial charge is 0.339 e. The molecule has 0 spiro atoms. The van der Waals surface area contributed by atoms with E-state index in [1.807, 2.05) is 0 Å².